The van der Waals surface area contributed by atoms with Gasteiger partial charge in [0.2, 0.25) is 0 Å². The highest BCUT2D eigenvalue weighted by Gasteiger charge is 2.14. The highest BCUT2D eigenvalue weighted by atomic mass is 16.4. The highest BCUT2D eigenvalue weighted by Crippen LogP contribution is 2.01. The summed E-state index contributed by atoms with van der Waals surface area (Å²) in [5, 5.41) is 17.2. The van der Waals surface area contributed by atoms with Crippen LogP contribution in [0.4, 0.5) is 0 Å². The summed E-state index contributed by atoms with van der Waals surface area (Å²) in [4.78, 5) is 0. The summed E-state index contributed by atoms with van der Waals surface area (Å²) in [5.41, 5.74) is 0. The van der Waals surface area contributed by atoms with Gasteiger partial charge in [0.05, 0.1) is 20.6 Å². The highest BCUT2D eigenvalue weighted by molar-refractivity contribution is 6.40. The van der Waals surface area contributed by atoms with Gasteiger partial charge in [-0.15, -0.1) is 6.42 Å². The first-order valence-corrected chi connectivity index (χ1v) is 4.09. The summed E-state index contributed by atoms with van der Waals surface area (Å²) >= 11 is 0. The summed E-state index contributed by atoms with van der Waals surface area (Å²) in [6, 6.07) is 0. The Balaban J connectivity index is 3.55. The molecular weight excluding hydrogens is 153 g/mol. The monoisotopic (exact) mass is 170 g/mol. The molecule has 0 heterocycles. The predicted molar refractivity (Wildman–Crippen MR) is 50.3 cm³/mol. The van der Waals surface area contributed by atoms with E-state index < -0.39 is 7.12 Å². The van der Waals surface area contributed by atoms with E-state index in [-0.39, 0.29) is 0 Å². The largest absolute Gasteiger partial charge is 0.451 e. The van der Waals surface area contributed by atoms with Crippen LogP contribution in [-0.4, -0.2) is 48.8 Å². The van der Waals surface area contributed by atoms with Gasteiger partial charge < -0.3 is 14.5 Å². The summed E-state index contributed by atoms with van der Waals surface area (Å²) in [6.07, 6.45) is 6.39. The lowest BCUT2D eigenvalue weighted by molar-refractivity contribution is -0.883. The van der Waals surface area contributed by atoms with Gasteiger partial charge in [-0.2, -0.15) is 0 Å². The van der Waals surface area contributed by atoms with Crippen molar-refractivity contribution in [3.63, 3.8) is 0 Å². The van der Waals surface area contributed by atoms with Gasteiger partial charge in [-0.05, 0) is 18.7 Å². The molecule has 0 unspecified atom stereocenters. The molecule has 0 aliphatic heterocycles. The molecule has 12 heavy (non-hydrogen) atoms. The van der Waals surface area contributed by atoms with Crippen molar-refractivity contribution >= 4 is 7.12 Å². The zero-order valence-corrected chi connectivity index (χ0v) is 7.82. The molecule has 0 aromatic rings. The minimum Gasteiger partial charge on any atom is -0.427 e. The average molecular weight is 170 g/mol. The molecule has 4 heteroatoms. The fourth-order valence-corrected chi connectivity index (χ4v) is 1.03. The first kappa shape index (κ1) is 11.5. The normalized spacial score (nSPS) is 10.9. The number of quaternary nitrogens is 1. The third kappa shape index (κ3) is 6.23. The van der Waals surface area contributed by atoms with E-state index in [0.717, 1.165) is 17.4 Å². The van der Waals surface area contributed by atoms with Gasteiger partial charge in [0.25, 0.3) is 0 Å². The molecule has 0 fully saturated rings. The van der Waals surface area contributed by atoms with E-state index in [0.29, 0.717) is 12.9 Å². The molecular formula is C8H17BNO2+. The first-order chi connectivity index (χ1) is 5.48. The molecule has 0 aliphatic carbocycles. The smallest absolute Gasteiger partial charge is 0.427 e. The standard InChI is InChI=1S/C8H17BNO2/c1-4-7-10(2,3)8-5-6-9(11)12/h1,11-12H,5-8H2,2-3H3/q+1. The maximum absolute atomic E-state index is 8.59. The maximum atomic E-state index is 8.59. The lowest BCUT2D eigenvalue weighted by Gasteiger charge is -2.27. The zero-order valence-electron chi connectivity index (χ0n) is 7.82. The Kier molecular flexibility index (Phi) is 4.99. The molecule has 2 N–H and O–H groups in total. The van der Waals surface area contributed by atoms with Crippen LogP contribution in [0.3, 0.4) is 0 Å². The van der Waals surface area contributed by atoms with Gasteiger partial charge in [0.15, 0.2) is 0 Å². The van der Waals surface area contributed by atoms with E-state index >= 15 is 0 Å². The van der Waals surface area contributed by atoms with Gasteiger partial charge in [-0.1, -0.05) is 0 Å². The average Bonchev–Trinajstić information content (AvgIpc) is 1.85. The minimum atomic E-state index is -1.18. The number of hydrogen-bond acceptors (Lipinski definition) is 2. The summed E-state index contributed by atoms with van der Waals surface area (Å²) in [5.74, 6) is 2.59. The lowest BCUT2D eigenvalue weighted by atomic mass is 9.84. The van der Waals surface area contributed by atoms with Crippen molar-refractivity contribution in [2.45, 2.75) is 12.7 Å². The second-order valence-corrected chi connectivity index (χ2v) is 3.64. The first-order valence-electron chi connectivity index (χ1n) is 4.09. The van der Waals surface area contributed by atoms with E-state index in [1.54, 1.807) is 0 Å². The molecule has 68 valence electrons. The van der Waals surface area contributed by atoms with Crippen LogP contribution in [0.1, 0.15) is 6.42 Å². The van der Waals surface area contributed by atoms with Crippen molar-refractivity contribution in [2.24, 2.45) is 0 Å². The van der Waals surface area contributed by atoms with Crippen LogP contribution < -0.4 is 0 Å². The molecule has 0 atom stereocenters. The van der Waals surface area contributed by atoms with Crippen molar-refractivity contribution in [3.8, 4) is 12.3 Å². The fraction of sp³-hybridized carbons (Fsp3) is 0.750. The molecule has 3 nitrogen and oxygen atoms in total. The Hall–Kier alpha value is -0.495. The van der Waals surface area contributed by atoms with E-state index in [2.05, 4.69) is 5.92 Å². The van der Waals surface area contributed by atoms with Crippen molar-refractivity contribution in [1.29, 1.82) is 0 Å². The molecule has 0 amide bonds. The number of rotatable bonds is 5. The van der Waals surface area contributed by atoms with E-state index in [1.807, 2.05) is 14.1 Å². The van der Waals surface area contributed by atoms with Crippen LogP contribution >= 0.6 is 0 Å². The molecule has 0 saturated heterocycles. The van der Waals surface area contributed by atoms with Crippen molar-refractivity contribution < 1.29 is 14.5 Å². The van der Waals surface area contributed by atoms with Crippen LogP contribution in [0.15, 0.2) is 0 Å². The Morgan fingerprint density at radius 3 is 2.42 bits per heavy atom. The van der Waals surface area contributed by atoms with Crippen LogP contribution in [0.5, 0.6) is 0 Å². The number of hydrogen-bond donors (Lipinski definition) is 2. The Labute approximate surface area is 74.7 Å². The molecule has 0 radical (unpaired) electrons. The molecule has 0 spiro atoms. The van der Waals surface area contributed by atoms with Crippen LogP contribution in [-0.2, 0) is 0 Å². The predicted octanol–water partition coefficient (Wildman–Crippen LogP) is -0.441. The third-order valence-corrected chi connectivity index (χ3v) is 1.75. The van der Waals surface area contributed by atoms with Crippen molar-refractivity contribution in [2.75, 3.05) is 27.2 Å². The van der Waals surface area contributed by atoms with Crippen LogP contribution in [0, 0.1) is 12.3 Å². The molecule has 0 aliphatic rings. The van der Waals surface area contributed by atoms with Crippen LogP contribution in [0.25, 0.3) is 0 Å². The lowest BCUT2D eigenvalue weighted by Crippen LogP contribution is -2.40. The van der Waals surface area contributed by atoms with Gasteiger partial charge in [-0.3, -0.25) is 0 Å². The number of nitrogens with zero attached hydrogens (tertiary/aromatic N) is 1. The Bertz CT molecular complexity index is 163. The summed E-state index contributed by atoms with van der Waals surface area (Å²) in [7, 11) is 2.88. The fourth-order valence-electron chi connectivity index (χ4n) is 1.03. The second-order valence-electron chi connectivity index (χ2n) is 3.64. The Morgan fingerprint density at radius 2 is 2.00 bits per heavy atom. The molecule has 0 rings (SSSR count). The van der Waals surface area contributed by atoms with Gasteiger partial charge in [-0.25, -0.2) is 0 Å². The molecule has 0 bridgehead atoms. The SMILES string of the molecule is C#CC[N+](C)(C)CCCB(O)O. The Morgan fingerprint density at radius 1 is 1.42 bits per heavy atom. The zero-order chi connectivity index (χ0) is 9.61. The summed E-state index contributed by atoms with van der Waals surface area (Å²) < 4.78 is 0.739. The molecule has 0 aromatic carbocycles. The van der Waals surface area contributed by atoms with E-state index in [4.69, 9.17) is 16.5 Å². The van der Waals surface area contributed by atoms with Gasteiger partial charge >= 0.3 is 7.12 Å². The minimum absolute atomic E-state index is 0.423. The topological polar surface area (TPSA) is 40.5 Å². The third-order valence-electron chi connectivity index (χ3n) is 1.75. The number of terminal acetylenes is 1. The molecule has 0 aromatic heterocycles. The van der Waals surface area contributed by atoms with Gasteiger partial charge in [0.1, 0.15) is 6.54 Å². The van der Waals surface area contributed by atoms with Crippen LogP contribution in [0.2, 0.25) is 6.32 Å². The van der Waals surface area contributed by atoms with Crippen molar-refractivity contribution in [1.82, 2.24) is 0 Å². The summed E-state index contributed by atoms with van der Waals surface area (Å²) in [6.45, 7) is 1.56. The maximum Gasteiger partial charge on any atom is 0.451 e. The van der Waals surface area contributed by atoms with E-state index in [1.165, 1.54) is 0 Å². The van der Waals surface area contributed by atoms with Gasteiger partial charge in [0, 0.05) is 0 Å². The second kappa shape index (κ2) is 5.20. The molecule has 0 saturated carbocycles. The van der Waals surface area contributed by atoms with E-state index in [9.17, 15) is 0 Å². The van der Waals surface area contributed by atoms with Crippen molar-refractivity contribution in [3.05, 3.63) is 0 Å². The quantitative estimate of drug-likeness (QED) is 0.333.